The van der Waals surface area contributed by atoms with E-state index >= 15 is 0 Å². The van der Waals surface area contributed by atoms with Crippen LogP contribution in [0.15, 0.2) is 54.6 Å². The van der Waals surface area contributed by atoms with Crippen LogP contribution in [-0.4, -0.2) is 51.9 Å². The summed E-state index contributed by atoms with van der Waals surface area (Å²) in [6, 6.07) is 17.7. The first-order valence-corrected chi connectivity index (χ1v) is 12.3. The van der Waals surface area contributed by atoms with Gasteiger partial charge in [0.15, 0.2) is 0 Å². The molecule has 2 amide bonds. The first-order valence-electron chi connectivity index (χ1n) is 11.2. The van der Waals surface area contributed by atoms with Crippen molar-refractivity contribution in [3.63, 3.8) is 0 Å². The number of benzene rings is 2. The Bertz CT molecular complexity index is 905. The summed E-state index contributed by atoms with van der Waals surface area (Å²) in [6.45, 7) is 4.86. The molecule has 0 saturated carbocycles. The van der Waals surface area contributed by atoms with E-state index in [9.17, 15) is 9.59 Å². The zero-order valence-electron chi connectivity index (χ0n) is 18.1. The summed E-state index contributed by atoms with van der Waals surface area (Å²) >= 11 is 1.63. The third-order valence-corrected chi connectivity index (χ3v) is 7.36. The van der Waals surface area contributed by atoms with Crippen molar-refractivity contribution in [2.24, 2.45) is 0 Å². The van der Waals surface area contributed by atoms with Crippen LogP contribution < -0.4 is 5.32 Å². The second-order valence-electron chi connectivity index (χ2n) is 8.46. The van der Waals surface area contributed by atoms with Crippen LogP contribution >= 0.6 is 11.8 Å². The smallest absolute Gasteiger partial charge is 0.255 e. The second kappa shape index (κ2) is 10.3. The first kappa shape index (κ1) is 21.9. The number of carbonyl (C=O) groups is 2. The maximum Gasteiger partial charge on any atom is 0.255 e. The van der Waals surface area contributed by atoms with Gasteiger partial charge in [-0.1, -0.05) is 48.9 Å². The minimum atomic E-state index is -0.424. The maximum absolute atomic E-state index is 13.0. The van der Waals surface area contributed by atoms with E-state index in [-0.39, 0.29) is 11.8 Å². The Morgan fingerprint density at radius 1 is 1.03 bits per heavy atom. The molecule has 2 aromatic rings. The molecule has 1 N–H and O–H groups in total. The van der Waals surface area contributed by atoms with E-state index < -0.39 is 6.04 Å². The van der Waals surface area contributed by atoms with Crippen molar-refractivity contribution in [1.29, 1.82) is 0 Å². The van der Waals surface area contributed by atoms with E-state index in [1.165, 1.54) is 24.8 Å². The summed E-state index contributed by atoms with van der Waals surface area (Å²) in [5, 5.41) is 3.10. The molecule has 2 aliphatic heterocycles. The lowest BCUT2D eigenvalue weighted by Crippen LogP contribution is -2.47. The van der Waals surface area contributed by atoms with Crippen molar-refractivity contribution in [3.8, 4) is 0 Å². The molecule has 2 aliphatic rings. The van der Waals surface area contributed by atoms with Crippen molar-refractivity contribution < 1.29 is 9.59 Å². The largest absolute Gasteiger partial charge is 0.350 e. The standard InChI is InChI=1S/C25H31N3O2S/c1-19-9-7-8-14-27(19)16-22-13-6-5-12-21(22)15-26-24(29)23-17-31-18-28(23)25(30)20-10-3-2-4-11-20/h2-6,10-13,19,23H,7-9,14-18H2,1H3,(H,26,29)/t19?,23-/m0/s1. The van der Waals surface area contributed by atoms with Crippen molar-refractivity contribution in [2.45, 2.75) is 51.4 Å². The Kier molecular flexibility index (Phi) is 7.30. The summed E-state index contributed by atoms with van der Waals surface area (Å²) in [5.41, 5.74) is 3.05. The van der Waals surface area contributed by atoms with Crippen molar-refractivity contribution in [1.82, 2.24) is 15.1 Å². The highest BCUT2D eigenvalue weighted by Gasteiger charge is 2.35. The fourth-order valence-electron chi connectivity index (χ4n) is 4.40. The minimum Gasteiger partial charge on any atom is -0.350 e. The Hall–Kier alpha value is -2.31. The lowest BCUT2D eigenvalue weighted by molar-refractivity contribution is -0.124. The summed E-state index contributed by atoms with van der Waals surface area (Å²) in [7, 11) is 0. The van der Waals surface area contributed by atoms with E-state index in [0.29, 0.717) is 29.8 Å². The second-order valence-corrected chi connectivity index (χ2v) is 9.46. The number of nitrogens with one attached hydrogen (secondary N) is 1. The van der Waals surface area contributed by atoms with Gasteiger partial charge in [-0.25, -0.2) is 0 Å². The number of hydrogen-bond acceptors (Lipinski definition) is 4. The summed E-state index contributed by atoms with van der Waals surface area (Å²) < 4.78 is 0. The van der Waals surface area contributed by atoms with Gasteiger partial charge < -0.3 is 10.2 Å². The van der Waals surface area contributed by atoms with Crippen LogP contribution in [0.1, 0.15) is 47.7 Å². The molecule has 1 unspecified atom stereocenters. The minimum absolute atomic E-state index is 0.0737. The fourth-order valence-corrected chi connectivity index (χ4v) is 5.56. The molecule has 0 spiro atoms. The van der Waals surface area contributed by atoms with Gasteiger partial charge in [0.2, 0.25) is 5.91 Å². The maximum atomic E-state index is 13.0. The molecule has 2 fully saturated rings. The molecule has 2 saturated heterocycles. The molecule has 2 atom stereocenters. The molecular formula is C25H31N3O2S. The monoisotopic (exact) mass is 437 g/mol. The van der Waals surface area contributed by atoms with Gasteiger partial charge in [-0.05, 0) is 49.6 Å². The molecule has 31 heavy (non-hydrogen) atoms. The summed E-state index contributed by atoms with van der Waals surface area (Å²) in [4.78, 5) is 30.1. The predicted octanol–water partition coefficient (Wildman–Crippen LogP) is 3.89. The zero-order valence-corrected chi connectivity index (χ0v) is 18.9. The number of piperidine rings is 1. The van der Waals surface area contributed by atoms with Gasteiger partial charge in [0, 0.05) is 30.4 Å². The van der Waals surface area contributed by atoms with E-state index in [1.54, 1.807) is 28.8 Å². The van der Waals surface area contributed by atoms with Crippen molar-refractivity contribution in [2.75, 3.05) is 18.2 Å². The van der Waals surface area contributed by atoms with Crippen molar-refractivity contribution in [3.05, 3.63) is 71.3 Å². The summed E-state index contributed by atoms with van der Waals surface area (Å²) in [6.07, 6.45) is 3.82. The van der Waals surface area contributed by atoms with Crippen LogP contribution in [0.5, 0.6) is 0 Å². The van der Waals surface area contributed by atoms with Gasteiger partial charge in [-0.2, -0.15) is 0 Å². The number of hydrogen-bond donors (Lipinski definition) is 1. The average molecular weight is 438 g/mol. The Morgan fingerprint density at radius 3 is 2.55 bits per heavy atom. The van der Waals surface area contributed by atoms with Crippen LogP contribution in [0.4, 0.5) is 0 Å². The topological polar surface area (TPSA) is 52.7 Å². The molecule has 0 bridgehead atoms. The predicted molar refractivity (Wildman–Crippen MR) is 126 cm³/mol. The fraction of sp³-hybridized carbons (Fsp3) is 0.440. The Balaban J connectivity index is 1.39. The van der Waals surface area contributed by atoms with Gasteiger partial charge in [-0.15, -0.1) is 11.8 Å². The van der Waals surface area contributed by atoms with E-state index in [0.717, 1.165) is 18.7 Å². The van der Waals surface area contributed by atoms with Gasteiger partial charge in [0.25, 0.3) is 5.91 Å². The lowest BCUT2D eigenvalue weighted by Gasteiger charge is -2.33. The van der Waals surface area contributed by atoms with Crippen LogP contribution in [0.25, 0.3) is 0 Å². The highest BCUT2D eigenvalue weighted by Crippen LogP contribution is 2.24. The quantitative estimate of drug-likeness (QED) is 0.745. The number of likely N-dealkylation sites (tertiary alicyclic amines) is 1. The molecule has 0 aromatic heterocycles. The normalized spacial score (nSPS) is 21.8. The van der Waals surface area contributed by atoms with Gasteiger partial charge in [0.1, 0.15) is 6.04 Å². The molecule has 2 aromatic carbocycles. The highest BCUT2D eigenvalue weighted by atomic mass is 32.2. The third-order valence-electron chi connectivity index (χ3n) is 6.35. The molecule has 0 radical (unpaired) electrons. The zero-order chi connectivity index (χ0) is 21.6. The number of rotatable bonds is 6. The first-order chi connectivity index (χ1) is 15.1. The van der Waals surface area contributed by atoms with E-state index in [1.807, 2.05) is 24.3 Å². The van der Waals surface area contributed by atoms with Gasteiger partial charge in [0.05, 0.1) is 5.88 Å². The molecular weight excluding hydrogens is 406 g/mol. The third kappa shape index (κ3) is 5.31. The number of thioether (sulfide) groups is 1. The number of nitrogens with zero attached hydrogens (tertiary/aromatic N) is 2. The molecule has 6 heteroatoms. The van der Waals surface area contributed by atoms with E-state index in [4.69, 9.17) is 0 Å². The Labute approximate surface area is 189 Å². The van der Waals surface area contributed by atoms with Crippen LogP contribution in [0.3, 0.4) is 0 Å². The van der Waals surface area contributed by atoms with Crippen LogP contribution in [-0.2, 0) is 17.9 Å². The average Bonchev–Trinajstić information content (AvgIpc) is 3.30. The molecule has 4 rings (SSSR count). The summed E-state index contributed by atoms with van der Waals surface area (Å²) in [5.74, 6) is 1.03. The van der Waals surface area contributed by atoms with Crippen LogP contribution in [0.2, 0.25) is 0 Å². The molecule has 5 nitrogen and oxygen atoms in total. The Morgan fingerprint density at radius 2 is 1.77 bits per heavy atom. The van der Waals surface area contributed by atoms with Gasteiger partial charge >= 0.3 is 0 Å². The van der Waals surface area contributed by atoms with E-state index in [2.05, 4.69) is 35.3 Å². The highest BCUT2D eigenvalue weighted by molar-refractivity contribution is 7.99. The van der Waals surface area contributed by atoms with Crippen LogP contribution in [0, 0.1) is 0 Å². The number of amides is 2. The number of carbonyl (C=O) groups excluding carboxylic acids is 2. The van der Waals surface area contributed by atoms with Crippen molar-refractivity contribution >= 4 is 23.6 Å². The van der Waals surface area contributed by atoms with Gasteiger partial charge in [-0.3, -0.25) is 14.5 Å². The lowest BCUT2D eigenvalue weighted by atomic mass is 10.0. The molecule has 2 heterocycles. The SMILES string of the molecule is CC1CCCCN1Cc1ccccc1CNC(=O)[C@@H]1CSCN1C(=O)c1ccccc1. The molecule has 164 valence electrons. The molecule has 0 aliphatic carbocycles.